The van der Waals surface area contributed by atoms with Gasteiger partial charge in [-0.25, -0.2) is 5.10 Å². The molecule has 3 rings (SSSR count). The lowest BCUT2D eigenvalue weighted by atomic mass is 10.1. The van der Waals surface area contributed by atoms with Crippen LogP contribution in [0, 0.1) is 0 Å². The van der Waals surface area contributed by atoms with E-state index in [1.54, 1.807) is 0 Å². The van der Waals surface area contributed by atoms with Crippen molar-refractivity contribution in [2.45, 2.75) is 26.2 Å². The predicted octanol–water partition coefficient (Wildman–Crippen LogP) is 2.75. The van der Waals surface area contributed by atoms with Gasteiger partial charge in [0.25, 0.3) is 5.91 Å². The third-order valence-electron chi connectivity index (χ3n) is 3.49. The number of unbranched alkanes of at least 4 members (excludes halogenated alkanes) is 2. The number of ether oxygens (including phenoxy) is 1. The van der Waals surface area contributed by atoms with Gasteiger partial charge in [-0.2, -0.15) is 0 Å². The Kier molecular flexibility index (Phi) is 4.52. The van der Waals surface area contributed by atoms with Crippen molar-refractivity contribution in [2.75, 3.05) is 6.61 Å². The highest BCUT2D eigenvalue weighted by Gasteiger charge is 2.23. The van der Waals surface area contributed by atoms with E-state index in [-0.39, 0.29) is 0 Å². The molecule has 0 aliphatic carbocycles. The minimum atomic E-state index is -0.505. The second kappa shape index (κ2) is 6.74. The maximum Gasteiger partial charge on any atom is 0.259 e. The Hall–Kier alpha value is -2.48. The largest absolute Gasteiger partial charge is 0.493 e. The number of amides is 1. The number of fused-ring (bicyclic) bond motifs is 1. The lowest BCUT2D eigenvalue weighted by molar-refractivity contribution is 0.100. The standard InChI is InChI=1S/C15H17N5O2S/c1-2-3-4-8-22-9-6-5-7-10-11(9)12(13(23-10)14(16)21)15-17-19-20-18-15/h5-7H,2-4,8H2,1H3,(H2,16,21)(H,17,18,19,20). The molecule has 3 N–H and O–H groups in total. The number of hydrogen-bond donors (Lipinski definition) is 2. The first kappa shape index (κ1) is 15.4. The van der Waals surface area contributed by atoms with E-state index in [1.807, 2.05) is 18.2 Å². The molecule has 1 aromatic carbocycles. The molecule has 0 spiro atoms. The molecule has 0 saturated heterocycles. The summed E-state index contributed by atoms with van der Waals surface area (Å²) >= 11 is 1.32. The van der Waals surface area contributed by atoms with Crippen LogP contribution >= 0.6 is 11.3 Å². The van der Waals surface area contributed by atoms with E-state index in [0.717, 1.165) is 29.3 Å². The lowest BCUT2D eigenvalue weighted by Gasteiger charge is -2.08. The van der Waals surface area contributed by atoms with E-state index in [4.69, 9.17) is 10.5 Å². The number of nitrogens with zero attached hydrogens (tertiary/aromatic N) is 3. The summed E-state index contributed by atoms with van der Waals surface area (Å²) in [5.41, 5.74) is 6.13. The summed E-state index contributed by atoms with van der Waals surface area (Å²) in [5, 5.41) is 14.6. The molecular weight excluding hydrogens is 314 g/mol. The van der Waals surface area contributed by atoms with Gasteiger partial charge in [0.05, 0.1) is 12.2 Å². The molecule has 7 nitrogen and oxygen atoms in total. The number of aromatic amines is 1. The van der Waals surface area contributed by atoms with E-state index >= 15 is 0 Å². The molecule has 0 saturated carbocycles. The molecule has 0 aliphatic heterocycles. The lowest BCUT2D eigenvalue weighted by Crippen LogP contribution is -2.10. The molecule has 0 bridgehead atoms. The van der Waals surface area contributed by atoms with Crippen LogP contribution in [0.2, 0.25) is 0 Å². The highest BCUT2D eigenvalue weighted by molar-refractivity contribution is 7.21. The summed E-state index contributed by atoms with van der Waals surface area (Å²) in [6.45, 7) is 2.77. The number of carbonyl (C=O) groups is 1. The van der Waals surface area contributed by atoms with Gasteiger partial charge in [-0.15, -0.1) is 16.4 Å². The molecule has 2 heterocycles. The fourth-order valence-corrected chi connectivity index (χ4v) is 3.51. The van der Waals surface area contributed by atoms with E-state index in [1.165, 1.54) is 11.3 Å². The average molecular weight is 331 g/mol. The summed E-state index contributed by atoms with van der Waals surface area (Å²) < 4.78 is 6.84. The summed E-state index contributed by atoms with van der Waals surface area (Å²) in [5.74, 6) is 0.623. The van der Waals surface area contributed by atoms with Crippen LogP contribution in [0.3, 0.4) is 0 Å². The normalized spacial score (nSPS) is 11.0. The maximum atomic E-state index is 11.8. The Morgan fingerprint density at radius 1 is 1.39 bits per heavy atom. The predicted molar refractivity (Wildman–Crippen MR) is 88.5 cm³/mol. The number of hydrogen-bond acceptors (Lipinski definition) is 6. The fraction of sp³-hybridized carbons (Fsp3) is 0.333. The quantitative estimate of drug-likeness (QED) is 0.647. The van der Waals surface area contributed by atoms with E-state index in [2.05, 4.69) is 27.5 Å². The van der Waals surface area contributed by atoms with E-state index < -0.39 is 5.91 Å². The van der Waals surface area contributed by atoms with Crippen LogP contribution < -0.4 is 10.5 Å². The molecule has 120 valence electrons. The third-order valence-corrected chi connectivity index (χ3v) is 4.66. The number of tetrazole rings is 1. The highest BCUT2D eigenvalue weighted by atomic mass is 32.1. The number of nitrogens with one attached hydrogen (secondary N) is 1. The van der Waals surface area contributed by atoms with E-state index in [9.17, 15) is 4.79 Å². The summed E-state index contributed by atoms with van der Waals surface area (Å²) in [4.78, 5) is 12.2. The molecule has 23 heavy (non-hydrogen) atoms. The zero-order valence-corrected chi connectivity index (χ0v) is 13.5. The van der Waals surface area contributed by atoms with Crippen LogP contribution in [0.15, 0.2) is 18.2 Å². The monoisotopic (exact) mass is 331 g/mol. The minimum Gasteiger partial charge on any atom is -0.493 e. The number of primary amides is 1. The van der Waals surface area contributed by atoms with Crippen molar-refractivity contribution < 1.29 is 9.53 Å². The molecule has 0 fully saturated rings. The minimum absolute atomic E-state index is 0.412. The SMILES string of the molecule is CCCCCOc1cccc2sc(C(N)=O)c(-c3nnn[nH]3)c12. The van der Waals surface area contributed by atoms with Crippen LogP contribution in [0.5, 0.6) is 5.75 Å². The Morgan fingerprint density at radius 3 is 2.96 bits per heavy atom. The van der Waals surface area contributed by atoms with Crippen LogP contribution in [0.25, 0.3) is 21.5 Å². The van der Waals surface area contributed by atoms with Crippen molar-refractivity contribution >= 4 is 27.3 Å². The Bertz CT molecular complexity index is 813. The van der Waals surface area contributed by atoms with Gasteiger partial charge >= 0.3 is 0 Å². The van der Waals surface area contributed by atoms with Gasteiger partial charge in [0.1, 0.15) is 10.6 Å². The van der Waals surface area contributed by atoms with Crippen LogP contribution in [-0.2, 0) is 0 Å². The topological polar surface area (TPSA) is 107 Å². The fourth-order valence-electron chi connectivity index (χ4n) is 2.44. The average Bonchev–Trinajstić information content (AvgIpc) is 3.18. The number of rotatable bonds is 7. The molecule has 2 aromatic heterocycles. The molecule has 0 atom stereocenters. The molecule has 0 radical (unpaired) electrons. The van der Waals surface area contributed by atoms with Gasteiger partial charge < -0.3 is 10.5 Å². The molecule has 0 aliphatic rings. The molecular formula is C15H17N5O2S. The number of aromatic nitrogens is 4. The van der Waals surface area contributed by atoms with E-state index in [0.29, 0.717) is 28.6 Å². The van der Waals surface area contributed by atoms with Crippen molar-refractivity contribution in [3.63, 3.8) is 0 Å². The van der Waals surface area contributed by atoms with Gasteiger partial charge in [0.2, 0.25) is 0 Å². The Morgan fingerprint density at radius 2 is 2.26 bits per heavy atom. The van der Waals surface area contributed by atoms with Crippen LogP contribution in [-0.4, -0.2) is 33.1 Å². The number of H-pyrrole nitrogens is 1. The molecule has 1 amide bonds. The van der Waals surface area contributed by atoms with Crippen molar-refractivity contribution in [3.05, 3.63) is 23.1 Å². The Balaban J connectivity index is 2.09. The Labute approximate surface area is 136 Å². The first-order valence-corrected chi connectivity index (χ1v) is 8.26. The van der Waals surface area contributed by atoms with Gasteiger partial charge in [-0.3, -0.25) is 4.79 Å². The third kappa shape index (κ3) is 3.02. The van der Waals surface area contributed by atoms with Crippen LogP contribution in [0.4, 0.5) is 0 Å². The van der Waals surface area contributed by atoms with Gasteiger partial charge in [0.15, 0.2) is 5.82 Å². The summed E-state index contributed by atoms with van der Waals surface area (Å²) in [6.07, 6.45) is 3.23. The maximum absolute atomic E-state index is 11.8. The van der Waals surface area contributed by atoms with Crippen LogP contribution in [0.1, 0.15) is 35.9 Å². The van der Waals surface area contributed by atoms with Crippen molar-refractivity contribution in [3.8, 4) is 17.1 Å². The first-order chi connectivity index (χ1) is 11.2. The zero-order valence-electron chi connectivity index (χ0n) is 12.7. The summed E-state index contributed by atoms with van der Waals surface area (Å²) in [7, 11) is 0. The van der Waals surface area contributed by atoms with Crippen molar-refractivity contribution in [1.82, 2.24) is 20.6 Å². The first-order valence-electron chi connectivity index (χ1n) is 7.44. The van der Waals surface area contributed by atoms with Crippen molar-refractivity contribution in [1.29, 1.82) is 0 Å². The number of benzene rings is 1. The van der Waals surface area contributed by atoms with Gasteiger partial charge in [0, 0.05) is 10.1 Å². The smallest absolute Gasteiger partial charge is 0.259 e. The molecule has 0 unspecified atom stereocenters. The molecule has 3 aromatic rings. The number of carbonyl (C=O) groups excluding carboxylic acids is 1. The van der Waals surface area contributed by atoms with Crippen molar-refractivity contribution in [2.24, 2.45) is 5.73 Å². The number of nitrogens with two attached hydrogens (primary N) is 1. The second-order valence-electron chi connectivity index (χ2n) is 5.11. The second-order valence-corrected chi connectivity index (χ2v) is 6.16. The number of thiophene rings is 1. The van der Waals surface area contributed by atoms with Gasteiger partial charge in [-0.1, -0.05) is 25.8 Å². The summed E-state index contributed by atoms with van der Waals surface area (Å²) in [6, 6.07) is 5.72. The zero-order chi connectivity index (χ0) is 16.2. The molecule has 8 heteroatoms. The highest BCUT2D eigenvalue weighted by Crippen LogP contribution is 2.41. The van der Waals surface area contributed by atoms with Gasteiger partial charge in [-0.05, 0) is 29.0 Å².